The zero-order chi connectivity index (χ0) is 21.4. The van der Waals surface area contributed by atoms with E-state index in [1.165, 1.54) is 0 Å². The summed E-state index contributed by atoms with van der Waals surface area (Å²) in [5.74, 6) is 0.142. The predicted octanol–water partition coefficient (Wildman–Crippen LogP) is 6.05. The largest absolute Gasteiger partial charge is 0.368 e. The summed E-state index contributed by atoms with van der Waals surface area (Å²) < 4.78 is 0. The maximum Gasteiger partial charge on any atom is 0.221 e. The minimum absolute atomic E-state index is 0.0712. The molecule has 150 valence electrons. The van der Waals surface area contributed by atoms with Crippen molar-refractivity contribution in [2.45, 2.75) is 0 Å². The second-order valence-electron chi connectivity index (χ2n) is 6.25. The molecule has 10 heteroatoms. The third kappa shape index (κ3) is 4.27. The van der Waals surface area contributed by atoms with Crippen molar-refractivity contribution in [2.24, 2.45) is 0 Å². The molecule has 6 nitrogen and oxygen atoms in total. The van der Waals surface area contributed by atoms with Crippen molar-refractivity contribution in [3.05, 3.63) is 68.6 Å². The molecule has 4 aromatic rings. The van der Waals surface area contributed by atoms with E-state index >= 15 is 0 Å². The highest BCUT2D eigenvalue weighted by Crippen LogP contribution is 2.32. The molecule has 2 aromatic carbocycles. The second kappa shape index (κ2) is 8.24. The van der Waals surface area contributed by atoms with E-state index in [1.807, 2.05) is 0 Å². The van der Waals surface area contributed by atoms with Gasteiger partial charge >= 0.3 is 0 Å². The molecule has 2 aromatic heterocycles. The summed E-state index contributed by atoms with van der Waals surface area (Å²) in [4.78, 5) is 17.1. The maximum absolute atomic E-state index is 6.13. The lowest BCUT2D eigenvalue weighted by Crippen LogP contribution is -2.02. The Morgan fingerprint density at radius 3 is 1.20 bits per heavy atom. The lowest BCUT2D eigenvalue weighted by Gasteiger charge is -2.09. The highest BCUT2D eigenvalue weighted by Gasteiger charge is 2.13. The average Bonchev–Trinajstić information content (AvgIpc) is 2.71. The molecule has 0 saturated heterocycles. The van der Waals surface area contributed by atoms with Crippen LogP contribution in [0.3, 0.4) is 0 Å². The van der Waals surface area contributed by atoms with Gasteiger partial charge in [-0.05, 0) is 36.4 Å². The van der Waals surface area contributed by atoms with Gasteiger partial charge in [-0.15, -0.1) is 0 Å². The molecule has 0 fully saturated rings. The number of nitrogens with two attached hydrogens (primary N) is 2. The maximum atomic E-state index is 6.13. The van der Waals surface area contributed by atoms with Gasteiger partial charge in [0.25, 0.3) is 0 Å². The number of rotatable bonds is 3. The number of aromatic nitrogens is 4. The first-order valence-corrected chi connectivity index (χ1v) is 10.0. The number of nitrogen functional groups attached to an aromatic ring is 2. The Morgan fingerprint density at radius 1 is 0.467 bits per heavy atom. The molecule has 4 N–H and O–H groups in total. The Kier molecular flexibility index (Phi) is 5.66. The highest BCUT2D eigenvalue weighted by atomic mass is 35.5. The number of hydrogen-bond donors (Lipinski definition) is 2. The Balaban J connectivity index is 1.82. The van der Waals surface area contributed by atoms with E-state index in [0.29, 0.717) is 42.9 Å². The van der Waals surface area contributed by atoms with Crippen LogP contribution in [0, 0.1) is 0 Å². The smallest absolute Gasteiger partial charge is 0.221 e. The topological polar surface area (TPSA) is 104 Å². The molecule has 30 heavy (non-hydrogen) atoms. The summed E-state index contributed by atoms with van der Waals surface area (Å²) in [6, 6.07) is 13.8. The first-order valence-electron chi connectivity index (χ1n) is 8.50. The van der Waals surface area contributed by atoms with Crippen LogP contribution < -0.4 is 11.5 Å². The number of benzene rings is 2. The Hall–Kier alpha value is -2.64. The molecule has 0 bridgehead atoms. The van der Waals surface area contributed by atoms with Crippen LogP contribution in [0.25, 0.3) is 33.9 Å². The summed E-state index contributed by atoms with van der Waals surface area (Å²) in [6.45, 7) is 0. The molecule has 4 rings (SSSR count). The van der Waals surface area contributed by atoms with Crippen LogP contribution >= 0.6 is 46.4 Å². The predicted molar refractivity (Wildman–Crippen MR) is 123 cm³/mol. The van der Waals surface area contributed by atoms with E-state index in [9.17, 15) is 0 Å². The van der Waals surface area contributed by atoms with E-state index in [2.05, 4.69) is 19.9 Å². The molecule has 0 spiro atoms. The van der Waals surface area contributed by atoms with Crippen LogP contribution in [0.5, 0.6) is 0 Å². The summed E-state index contributed by atoms with van der Waals surface area (Å²) in [5.41, 5.74) is 15.4. The van der Waals surface area contributed by atoms with Crippen LogP contribution in [-0.4, -0.2) is 19.9 Å². The minimum atomic E-state index is 0.0712. The number of halogens is 4. The third-order valence-corrected chi connectivity index (χ3v) is 5.66. The molecule has 0 unspecified atom stereocenters. The van der Waals surface area contributed by atoms with E-state index in [1.54, 1.807) is 48.5 Å². The molecular formula is C20H12Cl4N6. The zero-order valence-corrected chi connectivity index (χ0v) is 18.1. The third-order valence-electron chi connectivity index (χ3n) is 4.18. The molecule has 2 heterocycles. The quantitative estimate of drug-likeness (QED) is 0.372. The monoisotopic (exact) mass is 476 g/mol. The van der Waals surface area contributed by atoms with Gasteiger partial charge in [0.2, 0.25) is 11.9 Å². The van der Waals surface area contributed by atoms with Gasteiger partial charge in [-0.1, -0.05) is 58.5 Å². The van der Waals surface area contributed by atoms with Crippen LogP contribution in [0.15, 0.2) is 48.5 Å². The van der Waals surface area contributed by atoms with E-state index in [-0.39, 0.29) is 11.9 Å². The lowest BCUT2D eigenvalue weighted by atomic mass is 10.1. The molecule has 0 aliphatic heterocycles. The fourth-order valence-electron chi connectivity index (χ4n) is 2.80. The Bertz CT molecular complexity index is 1180. The van der Waals surface area contributed by atoms with Gasteiger partial charge in [0, 0.05) is 11.1 Å². The van der Waals surface area contributed by atoms with Gasteiger partial charge < -0.3 is 11.5 Å². The number of nitrogens with zero attached hydrogens (tertiary/aromatic N) is 4. The molecule has 0 atom stereocenters. The molecule has 0 amide bonds. The minimum Gasteiger partial charge on any atom is -0.368 e. The summed E-state index contributed by atoms with van der Waals surface area (Å²) in [5, 5.41) is 1.69. The Morgan fingerprint density at radius 2 is 0.833 bits per heavy atom. The summed E-state index contributed by atoms with van der Waals surface area (Å²) >= 11 is 24.3. The normalized spacial score (nSPS) is 10.9. The fourth-order valence-corrected chi connectivity index (χ4v) is 3.40. The Labute approximate surface area is 191 Å². The molecule has 0 radical (unpaired) electrons. The second-order valence-corrected chi connectivity index (χ2v) is 7.88. The highest BCUT2D eigenvalue weighted by molar-refractivity contribution is 6.42. The van der Waals surface area contributed by atoms with Crippen LogP contribution in [0.4, 0.5) is 11.9 Å². The molecule has 0 aliphatic carbocycles. The van der Waals surface area contributed by atoms with Crippen LogP contribution in [0.1, 0.15) is 0 Å². The zero-order valence-electron chi connectivity index (χ0n) is 15.1. The fraction of sp³-hybridized carbons (Fsp3) is 0. The van der Waals surface area contributed by atoms with E-state index in [4.69, 9.17) is 57.9 Å². The van der Waals surface area contributed by atoms with Gasteiger partial charge in [0.1, 0.15) is 0 Å². The first-order chi connectivity index (χ1) is 14.3. The first kappa shape index (κ1) is 20.6. The van der Waals surface area contributed by atoms with Gasteiger partial charge in [-0.25, -0.2) is 19.9 Å². The molecule has 0 aliphatic rings. The summed E-state index contributed by atoms with van der Waals surface area (Å²) in [6.07, 6.45) is 0. The van der Waals surface area contributed by atoms with Crippen molar-refractivity contribution in [3.8, 4) is 33.9 Å². The van der Waals surface area contributed by atoms with Crippen molar-refractivity contribution >= 4 is 58.3 Å². The van der Waals surface area contributed by atoms with Gasteiger partial charge in [0.15, 0.2) is 0 Å². The molecule has 0 saturated carbocycles. The van der Waals surface area contributed by atoms with Crippen molar-refractivity contribution < 1.29 is 0 Å². The summed E-state index contributed by atoms with van der Waals surface area (Å²) in [7, 11) is 0. The van der Waals surface area contributed by atoms with E-state index in [0.717, 1.165) is 11.1 Å². The van der Waals surface area contributed by atoms with Gasteiger partial charge in [-0.2, -0.15) is 0 Å². The standard InChI is InChI=1S/C20H12Cl4N6/c21-11-3-1-9(5-13(11)23)15-7-17(29-19(25)27-15)18-8-16(28-20(26)30-18)10-2-4-12(22)14(24)6-10/h1-8H,(H2,25,27,29)(H2,26,28,30). The van der Waals surface area contributed by atoms with E-state index < -0.39 is 0 Å². The average molecular weight is 478 g/mol. The van der Waals surface area contributed by atoms with Crippen molar-refractivity contribution in [1.29, 1.82) is 0 Å². The van der Waals surface area contributed by atoms with Crippen molar-refractivity contribution in [2.75, 3.05) is 11.5 Å². The van der Waals surface area contributed by atoms with Crippen molar-refractivity contribution in [3.63, 3.8) is 0 Å². The van der Waals surface area contributed by atoms with Crippen LogP contribution in [0.2, 0.25) is 20.1 Å². The molecular weight excluding hydrogens is 466 g/mol. The SMILES string of the molecule is Nc1nc(-c2ccc(Cl)c(Cl)c2)cc(-c2cc(-c3ccc(Cl)c(Cl)c3)nc(N)n2)n1. The van der Waals surface area contributed by atoms with Gasteiger partial charge in [-0.3, -0.25) is 0 Å². The number of anilines is 2. The van der Waals surface area contributed by atoms with Crippen molar-refractivity contribution in [1.82, 2.24) is 19.9 Å². The lowest BCUT2D eigenvalue weighted by molar-refractivity contribution is 1.14. The van der Waals surface area contributed by atoms with Crippen LogP contribution in [-0.2, 0) is 0 Å². The number of hydrogen-bond acceptors (Lipinski definition) is 6. The van der Waals surface area contributed by atoms with Gasteiger partial charge in [0.05, 0.1) is 42.9 Å².